The van der Waals surface area contributed by atoms with E-state index in [2.05, 4.69) is 27.2 Å². The second-order valence-corrected chi connectivity index (χ2v) is 2.72. The molecule has 0 aliphatic heterocycles. The lowest BCUT2D eigenvalue weighted by Crippen LogP contribution is -2.16. The Morgan fingerprint density at radius 2 is 2.62 bits per heavy atom. The van der Waals surface area contributed by atoms with Crippen LogP contribution >= 0.6 is 28.5 Å². The summed E-state index contributed by atoms with van der Waals surface area (Å²) in [7, 11) is 0. The molecule has 48 valence electrons. The van der Waals surface area contributed by atoms with Crippen molar-refractivity contribution in [3.8, 4) is 0 Å². The smallest absolute Gasteiger partial charge is 0.165 e. The first-order valence-electron chi connectivity index (χ1n) is 1.75. The Kier molecular flexibility index (Phi) is 5.79. The lowest BCUT2D eigenvalue weighted by atomic mass is 10.7. The molecule has 0 aliphatic rings. The van der Waals surface area contributed by atoms with Gasteiger partial charge >= 0.3 is 0 Å². The highest BCUT2D eigenvalue weighted by Gasteiger charge is 1.88. The molecule has 1 atom stereocenters. The van der Waals surface area contributed by atoms with Crippen molar-refractivity contribution in [2.75, 3.05) is 6.61 Å². The Bertz CT molecular complexity index is 88.1. The fourth-order valence-electron chi connectivity index (χ4n) is 0.130. The van der Waals surface area contributed by atoms with Gasteiger partial charge in [-0.2, -0.15) is 0 Å². The van der Waals surface area contributed by atoms with E-state index in [-0.39, 0.29) is 12.4 Å². The van der Waals surface area contributed by atoms with E-state index in [1.54, 1.807) is 0 Å². The number of hydrogen-bond donors (Lipinski definition) is 2. The predicted molar refractivity (Wildman–Crippen MR) is 41.7 cm³/mol. The van der Waals surface area contributed by atoms with Crippen molar-refractivity contribution in [3.63, 3.8) is 0 Å². The van der Waals surface area contributed by atoms with Crippen LogP contribution in [0.2, 0.25) is 0 Å². The summed E-state index contributed by atoms with van der Waals surface area (Å²) in [4.78, 5) is 0. The van der Waals surface area contributed by atoms with Gasteiger partial charge in [0.2, 0.25) is 0 Å². The van der Waals surface area contributed by atoms with Gasteiger partial charge in [-0.05, 0) is 22.0 Å². The summed E-state index contributed by atoms with van der Waals surface area (Å²) in [6, 6.07) is 0. The second kappa shape index (κ2) is 5.53. The maximum absolute atomic E-state index is 7.95. The van der Waals surface area contributed by atoms with E-state index in [0.29, 0.717) is 6.45 Å². The third-order valence-electron chi connectivity index (χ3n) is 0.403. The monoisotopic (exact) mass is 248 g/mol. The molecular weight excluding hydrogens is 242 g/mol. The Morgan fingerprint density at radius 3 is 3.00 bits per heavy atom. The number of amidine groups is 1. The van der Waals surface area contributed by atoms with Gasteiger partial charge in [-0.25, -0.2) is 0 Å². The molecule has 0 aromatic carbocycles. The lowest BCUT2D eigenvalue weighted by molar-refractivity contribution is 0.311. The Hall–Kier alpha value is 0.390. The van der Waals surface area contributed by atoms with Gasteiger partial charge in [0.15, 0.2) is 5.84 Å². The molecular formula is C2H6IN2O2P. The van der Waals surface area contributed by atoms with Gasteiger partial charge in [0.25, 0.3) is 0 Å². The zero-order valence-corrected chi connectivity index (χ0v) is 7.12. The molecule has 0 aliphatic carbocycles. The predicted octanol–water partition coefficient (Wildman–Crippen LogP) is 0.693. The molecule has 0 radical (unpaired) electrons. The van der Waals surface area contributed by atoms with Crippen molar-refractivity contribution in [2.24, 2.45) is 10.9 Å². The normalized spacial score (nSPS) is 13.4. The summed E-state index contributed by atoms with van der Waals surface area (Å²) in [6.07, 6.45) is 0. The number of nitrogens with two attached hydrogens (primary N) is 1. The molecule has 0 fully saturated rings. The van der Waals surface area contributed by atoms with Crippen LogP contribution in [-0.4, -0.2) is 17.6 Å². The average Bonchev–Trinajstić information content (AvgIpc) is 1.83. The first-order chi connectivity index (χ1) is 3.81. The van der Waals surface area contributed by atoms with E-state index in [9.17, 15) is 0 Å². The van der Waals surface area contributed by atoms with Gasteiger partial charge < -0.3 is 15.5 Å². The Balaban J connectivity index is 3.12. The molecule has 0 amide bonds. The number of nitrogens with zero attached hydrogens (tertiary/aromatic N) is 1. The summed E-state index contributed by atoms with van der Waals surface area (Å²) >= 11 is 2.05. The number of rotatable bonds is 3. The zero-order valence-electron chi connectivity index (χ0n) is 3.97. The van der Waals surface area contributed by atoms with Crippen molar-refractivity contribution in [2.45, 2.75) is 0 Å². The highest BCUT2D eigenvalue weighted by molar-refractivity contribution is 14.2. The summed E-state index contributed by atoms with van der Waals surface area (Å²) in [5.41, 5.74) is 5.04. The first-order valence-corrected chi connectivity index (χ1v) is 5.77. The minimum absolute atomic E-state index is 0.106. The quantitative estimate of drug-likeness (QED) is 0.193. The molecule has 0 heterocycles. The fraction of sp³-hybridized carbons (Fsp3) is 0.500. The van der Waals surface area contributed by atoms with Crippen LogP contribution < -0.4 is 5.73 Å². The van der Waals surface area contributed by atoms with E-state index in [0.717, 1.165) is 0 Å². The number of oxime groups is 1. The molecule has 0 saturated heterocycles. The highest BCUT2D eigenvalue weighted by Crippen LogP contribution is 2.20. The van der Waals surface area contributed by atoms with Crippen LogP contribution in [0.15, 0.2) is 5.16 Å². The molecule has 0 aromatic heterocycles. The van der Waals surface area contributed by atoms with Gasteiger partial charge in [-0.15, -0.1) is 0 Å². The van der Waals surface area contributed by atoms with Crippen LogP contribution in [0.5, 0.6) is 0 Å². The third-order valence-corrected chi connectivity index (χ3v) is 1.59. The largest absolute Gasteiger partial charge is 0.409 e. The molecule has 0 rings (SSSR count). The van der Waals surface area contributed by atoms with E-state index in [1.807, 2.05) is 0 Å². The SMILES string of the molecule is N/C(COPI)=N\O. The topological polar surface area (TPSA) is 67.8 Å². The van der Waals surface area contributed by atoms with Crippen LogP contribution in [0.1, 0.15) is 0 Å². The molecule has 0 bridgehead atoms. The second-order valence-electron chi connectivity index (χ2n) is 0.957. The first kappa shape index (κ1) is 8.39. The Morgan fingerprint density at radius 1 is 2.00 bits per heavy atom. The van der Waals surface area contributed by atoms with Crippen molar-refractivity contribution in [1.82, 2.24) is 0 Å². The van der Waals surface area contributed by atoms with Crippen LogP contribution in [0.4, 0.5) is 0 Å². The molecule has 1 unspecified atom stereocenters. The van der Waals surface area contributed by atoms with Crippen molar-refractivity contribution >= 4 is 34.3 Å². The highest BCUT2D eigenvalue weighted by atomic mass is 127. The van der Waals surface area contributed by atoms with Gasteiger partial charge in [0.05, 0.1) is 6.45 Å². The van der Waals surface area contributed by atoms with Crippen LogP contribution in [0, 0.1) is 0 Å². The minimum Gasteiger partial charge on any atom is -0.409 e. The average molecular weight is 248 g/mol. The molecule has 0 saturated carbocycles. The summed E-state index contributed by atoms with van der Waals surface area (Å²) in [5.74, 6) is 0.106. The van der Waals surface area contributed by atoms with Gasteiger partial charge in [-0.1, -0.05) is 5.16 Å². The van der Waals surface area contributed by atoms with Crippen molar-refractivity contribution < 1.29 is 9.73 Å². The van der Waals surface area contributed by atoms with Crippen molar-refractivity contribution in [3.05, 3.63) is 0 Å². The molecule has 3 N–H and O–H groups in total. The Labute approximate surface area is 61.8 Å². The van der Waals surface area contributed by atoms with Gasteiger partial charge in [0.1, 0.15) is 6.61 Å². The van der Waals surface area contributed by atoms with Crippen LogP contribution in [0.3, 0.4) is 0 Å². The maximum Gasteiger partial charge on any atom is 0.165 e. The van der Waals surface area contributed by atoms with E-state index in [4.69, 9.17) is 15.5 Å². The fourth-order valence-corrected chi connectivity index (χ4v) is 0.800. The standard InChI is InChI=1S/C2H6IN2O2P/c3-8-7-1-2(4)5-6/h6,8H,1H2,(H2,4,5). The van der Waals surface area contributed by atoms with E-state index < -0.39 is 0 Å². The number of halogens is 1. The molecule has 6 heteroatoms. The minimum atomic E-state index is 0.106. The summed E-state index contributed by atoms with van der Waals surface area (Å²) < 4.78 is 4.78. The summed E-state index contributed by atoms with van der Waals surface area (Å²) in [6.45, 7) is 0.558. The maximum atomic E-state index is 7.95. The van der Waals surface area contributed by atoms with E-state index >= 15 is 0 Å². The molecule has 0 spiro atoms. The molecule has 8 heavy (non-hydrogen) atoms. The summed E-state index contributed by atoms with van der Waals surface area (Å²) in [5, 5.41) is 10.6. The lowest BCUT2D eigenvalue weighted by Gasteiger charge is -1.93. The van der Waals surface area contributed by atoms with Crippen molar-refractivity contribution in [1.29, 1.82) is 0 Å². The number of hydrogen-bond acceptors (Lipinski definition) is 3. The van der Waals surface area contributed by atoms with Crippen LogP contribution in [0.25, 0.3) is 0 Å². The third kappa shape index (κ3) is 4.55. The van der Waals surface area contributed by atoms with Crippen LogP contribution in [-0.2, 0) is 4.52 Å². The zero-order chi connectivity index (χ0) is 6.41. The van der Waals surface area contributed by atoms with Gasteiger partial charge in [0, 0.05) is 0 Å². The van der Waals surface area contributed by atoms with E-state index in [1.165, 1.54) is 0 Å². The van der Waals surface area contributed by atoms with Gasteiger partial charge in [-0.3, -0.25) is 0 Å². The molecule has 4 nitrogen and oxygen atoms in total. The molecule has 0 aromatic rings.